The number of carbonyl (C=O) groups is 1. The molecule has 1 atom stereocenters. The van der Waals surface area contributed by atoms with Gasteiger partial charge in [0.15, 0.2) is 0 Å². The molecule has 7 heteroatoms. The summed E-state index contributed by atoms with van der Waals surface area (Å²) in [6.45, 7) is 3.81. The molecule has 0 radical (unpaired) electrons. The van der Waals surface area contributed by atoms with Gasteiger partial charge in [-0.05, 0) is 42.9 Å². The Bertz CT molecular complexity index is 771. The highest BCUT2D eigenvalue weighted by Crippen LogP contribution is 2.39. The van der Waals surface area contributed by atoms with E-state index in [0.29, 0.717) is 5.82 Å². The third kappa shape index (κ3) is 3.43. The summed E-state index contributed by atoms with van der Waals surface area (Å²) in [5, 5.41) is 24.2. The van der Waals surface area contributed by atoms with Crippen molar-refractivity contribution < 1.29 is 4.79 Å². The molecule has 24 heavy (non-hydrogen) atoms. The molecule has 1 fully saturated rings. The minimum absolute atomic E-state index is 0.0516. The van der Waals surface area contributed by atoms with Crippen molar-refractivity contribution in [1.82, 2.24) is 25.5 Å². The SMILES string of the molecule is CCc1ccc(-c2nnn(CC(=O)N[C@@](C)(C#N)C3CC3)n2)cc1. The summed E-state index contributed by atoms with van der Waals surface area (Å²) in [5.41, 5.74) is 1.29. The van der Waals surface area contributed by atoms with E-state index >= 15 is 0 Å². The van der Waals surface area contributed by atoms with Gasteiger partial charge in [0, 0.05) is 5.56 Å². The summed E-state index contributed by atoms with van der Waals surface area (Å²) < 4.78 is 0. The van der Waals surface area contributed by atoms with Gasteiger partial charge in [-0.2, -0.15) is 10.1 Å². The lowest BCUT2D eigenvalue weighted by molar-refractivity contribution is -0.123. The number of hydrogen-bond acceptors (Lipinski definition) is 5. The molecule has 1 N–H and O–H groups in total. The summed E-state index contributed by atoms with van der Waals surface area (Å²) >= 11 is 0. The van der Waals surface area contributed by atoms with E-state index in [0.717, 1.165) is 24.8 Å². The van der Waals surface area contributed by atoms with Crippen LogP contribution in [0.4, 0.5) is 0 Å². The van der Waals surface area contributed by atoms with E-state index in [4.69, 9.17) is 0 Å². The molecule has 1 aromatic heterocycles. The maximum Gasteiger partial charge on any atom is 0.244 e. The van der Waals surface area contributed by atoms with Gasteiger partial charge < -0.3 is 5.32 Å². The van der Waals surface area contributed by atoms with Gasteiger partial charge in [-0.3, -0.25) is 4.79 Å². The number of aryl methyl sites for hydroxylation is 1. The topological polar surface area (TPSA) is 96.5 Å². The maximum absolute atomic E-state index is 12.2. The van der Waals surface area contributed by atoms with Gasteiger partial charge in [0.05, 0.1) is 6.07 Å². The Hall–Kier alpha value is -2.75. The van der Waals surface area contributed by atoms with Crippen LogP contribution in [0.2, 0.25) is 0 Å². The van der Waals surface area contributed by atoms with E-state index in [2.05, 4.69) is 33.7 Å². The Labute approximate surface area is 140 Å². The van der Waals surface area contributed by atoms with E-state index in [1.54, 1.807) is 6.92 Å². The smallest absolute Gasteiger partial charge is 0.244 e. The van der Waals surface area contributed by atoms with Gasteiger partial charge >= 0.3 is 0 Å². The van der Waals surface area contributed by atoms with Gasteiger partial charge in [-0.25, -0.2) is 0 Å². The first-order valence-corrected chi connectivity index (χ1v) is 8.13. The fraction of sp³-hybridized carbons (Fsp3) is 0.471. The predicted molar refractivity (Wildman–Crippen MR) is 87.5 cm³/mol. The molecule has 1 aromatic carbocycles. The van der Waals surface area contributed by atoms with E-state index in [9.17, 15) is 10.1 Å². The highest BCUT2D eigenvalue weighted by molar-refractivity contribution is 5.77. The van der Waals surface area contributed by atoms with Crippen molar-refractivity contribution in [2.75, 3.05) is 0 Å². The normalized spacial score (nSPS) is 16.2. The molecular weight excluding hydrogens is 304 g/mol. The molecular formula is C17H20N6O. The molecule has 1 aliphatic rings. The van der Waals surface area contributed by atoms with Crippen LogP contribution in [0, 0.1) is 17.2 Å². The Balaban J connectivity index is 1.65. The number of amides is 1. The third-order valence-electron chi connectivity index (χ3n) is 4.38. The Morgan fingerprint density at radius 3 is 2.71 bits per heavy atom. The summed E-state index contributed by atoms with van der Waals surface area (Å²) in [6.07, 6.45) is 2.92. The van der Waals surface area contributed by atoms with E-state index < -0.39 is 5.54 Å². The van der Waals surface area contributed by atoms with Gasteiger partial charge in [0.25, 0.3) is 0 Å². The fourth-order valence-corrected chi connectivity index (χ4v) is 2.65. The van der Waals surface area contributed by atoms with Crippen molar-refractivity contribution in [2.24, 2.45) is 5.92 Å². The molecule has 1 amide bonds. The summed E-state index contributed by atoms with van der Waals surface area (Å²) in [6, 6.07) is 10.1. The third-order valence-corrected chi connectivity index (χ3v) is 4.38. The molecule has 7 nitrogen and oxygen atoms in total. The summed E-state index contributed by atoms with van der Waals surface area (Å²) in [5.74, 6) is 0.440. The molecule has 0 saturated heterocycles. The van der Waals surface area contributed by atoms with Crippen molar-refractivity contribution in [1.29, 1.82) is 5.26 Å². The van der Waals surface area contributed by atoms with Gasteiger partial charge in [-0.15, -0.1) is 10.2 Å². The number of benzene rings is 1. The number of carbonyl (C=O) groups excluding carboxylic acids is 1. The van der Waals surface area contributed by atoms with E-state index in [1.165, 1.54) is 10.4 Å². The number of nitrogens with one attached hydrogen (secondary N) is 1. The number of rotatable bonds is 6. The Morgan fingerprint density at radius 1 is 1.42 bits per heavy atom. The largest absolute Gasteiger partial charge is 0.336 e. The quantitative estimate of drug-likeness (QED) is 0.872. The van der Waals surface area contributed by atoms with Crippen molar-refractivity contribution >= 4 is 5.91 Å². The average molecular weight is 324 g/mol. The number of nitriles is 1. The molecule has 0 bridgehead atoms. The molecule has 0 spiro atoms. The van der Waals surface area contributed by atoms with Crippen LogP contribution in [-0.4, -0.2) is 31.7 Å². The molecule has 1 heterocycles. The minimum Gasteiger partial charge on any atom is -0.336 e. The molecule has 1 saturated carbocycles. The molecule has 0 unspecified atom stereocenters. The summed E-state index contributed by atoms with van der Waals surface area (Å²) in [4.78, 5) is 13.4. The second-order valence-corrected chi connectivity index (χ2v) is 6.33. The van der Waals surface area contributed by atoms with Crippen LogP contribution < -0.4 is 5.32 Å². The van der Waals surface area contributed by atoms with Crippen LogP contribution >= 0.6 is 0 Å². The number of tetrazole rings is 1. The highest BCUT2D eigenvalue weighted by Gasteiger charge is 2.43. The lowest BCUT2D eigenvalue weighted by atomic mass is 9.98. The number of aromatic nitrogens is 4. The van der Waals surface area contributed by atoms with Crippen LogP contribution in [0.25, 0.3) is 11.4 Å². The van der Waals surface area contributed by atoms with E-state index in [-0.39, 0.29) is 18.4 Å². The van der Waals surface area contributed by atoms with Crippen LogP contribution in [0.15, 0.2) is 24.3 Å². The van der Waals surface area contributed by atoms with Crippen LogP contribution in [0.3, 0.4) is 0 Å². The van der Waals surface area contributed by atoms with Crippen molar-refractivity contribution in [2.45, 2.75) is 45.2 Å². The van der Waals surface area contributed by atoms with Gasteiger partial charge in [-0.1, -0.05) is 31.2 Å². The molecule has 1 aliphatic carbocycles. The average Bonchev–Trinajstić information content (AvgIpc) is 3.36. The molecule has 0 aliphatic heterocycles. The zero-order valence-corrected chi connectivity index (χ0v) is 13.9. The van der Waals surface area contributed by atoms with Crippen molar-refractivity contribution in [3.63, 3.8) is 0 Å². The lowest BCUT2D eigenvalue weighted by Crippen LogP contribution is -2.48. The molecule has 2 aromatic rings. The van der Waals surface area contributed by atoms with Gasteiger partial charge in [0.2, 0.25) is 11.7 Å². The summed E-state index contributed by atoms with van der Waals surface area (Å²) in [7, 11) is 0. The van der Waals surface area contributed by atoms with Crippen molar-refractivity contribution in [3.05, 3.63) is 29.8 Å². The van der Waals surface area contributed by atoms with Gasteiger partial charge in [0.1, 0.15) is 12.1 Å². The van der Waals surface area contributed by atoms with Crippen LogP contribution in [0.1, 0.15) is 32.3 Å². The Kier molecular flexibility index (Phi) is 4.30. The first-order chi connectivity index (χ1) is 11.5. The molecule has 3 rings (SSSR count). The highest BCUT2D eigenvalue weighted by atomic mass is 16.2. The zero-order chi connectivity index (χ0) is 17.2. The number of nitrogens with zero attached hydrogens (tertiary/aromatic N) is 5. The second-order valence-electron chi connectivity index (χ2n) is 6.33. The van der Waals surface area contributed by atoms with E-state index in [1.807, 2.05) is 24.3 Å². The van der Waals surface area contributed by atoms with Crippen molar-refractivity contribution in [3.8, 4) is 17.5 Å². The first-order valence-electron chi connectivity index (χ1n) is 8.13. The predicted octanol–water partition coefficient (Wildman–Crippen LogP) is 1.71. The standard InChI is InChI=1S/C17H20N6O/c1-3-12-4-6-13(7-5-12)16-20-22-23(21-16)10-15(24)19-17(2,11-18)14-8-9-14/h4-7,14H,3,8-10H2,1-2H3,(H,19,24)/t17-/m0/s1. The lowest BCUT2D eigenvalue weighted by Gasteiger charge is -2.22. The Morgan fingerprint density at radius 2 is 2.12 bits per heavy atom. The van der Waals surface area contributed by atoms with Crippen LogP contribution in [0.5, 0.6) is 0 Å². The first kappa shape index (κ1) is 16.1. The number of hydrogen-bond donors (Lipinski definition) is 1. The fourth-order valence-electron chi connectivity index (χ4n) is 2.65. The molecule has 124 valence electrons. The maximum atomic E-state index is 12.2. The van der Waals surface area contributed by atoms with Crippen LogP contribution in [-0.2, 0) is 17.8 Å². The monoisotopic (exact) mass is 324 g/mol. The minimum atomic E-state index is -0.809. The zero-order valence-electron chi connectivity index (χ0n) is 13.9. The second kappa shape index (κ2) is 6.40.